The van der Waals surface area contributed by atoms with E-state index < -0.39 is 10.8 Å². The number of hydrogen-bond donors (Lipinski definition) is 0. The van der Waals surface area contributed by atoms with Crippen molar-refractivity contribution in [2.75, 3.05) is 4.90 Å². The van der Waals surface area contributed by atoms with Gasteiger partial charge in [-0.2, -0.15) is 0 Å². The molecule has 1 aliphatic heterocycles. The topological polar surface area (TPSA) is 80.5 Å². The molecule has 7 heteroatoms. The Bertz CT molecular complexity index is 964. The van der Waals surface area contributed by atoms with E-state index in [1.54, 1.807) is 18.2 Å². The van der Waals surface area contributed by atoms with Gasteiger partial charge in [0.2, 0.25) is 0 Å². The number of thioether (sulfide) groups is 1. The second kappa shape index (κ2) is 7.36. The lowest BCUT2D eigenvalue weighted by atomic mass is 10.1. The molecule has 0 saturated carbocycles. The Labute approximate surface area is 161 Å². The second-order valence-electron chi connectivity index (χ2n) is 6.46. The van der Waals surface area contributed by atoms with Crippen molar-refractivity contribution in [3.05, 3.63) is 74.7 Å². The van der Waals surface area contributed by atoms with Crippen molar-refractivity contribution in [2.24, 2.45) is 0 Å². The number of benzene rings is 2. The number of carbonyl (C=O) groups is 2. The molecule has 2 amide bonds. The van der Waals surface area contributed by atoms with Crippen LogP contribution in [0.5, 0.6) is 0 Å². The standard InChI is InChI=1S/C20H18N2O4S/c1-12(2)27-18-17(14-7-9-15(10-8-14)22(25)26)19(23)21(20(18)24)16-6-4-5-13(3)11-16/h4-12H,1-3H3. The fourth-order valence-corrected chi connectivity index (χ4v) is 3.85. The maximum atomic E-state index is 13.1. The predicted octanol–water partition coefficient (Wildman–Crippen LogP) is 4.33. The second-order valence-corrected chi connectivity index (χ2v) is 8.05. The van der Waals surface area contributed by atoms with Gasteiger partial charge in [-0.15, -0.1) is 11.8 Å². The number of non-ortho nitro benzene ring substituents is 1. The van der Waals surface area contributed by atoms with Gasteiger partial charge in [-0.3, -0.25) is 19.7 Å². The van der Waals surface area contributed by atoms with Gasteiger partial charge >= 0.3 is 0 Å². The Morgan fingerprint density at radius 2 is 1.70 bits per heavy atom. The summed E-state index contributed by atoms with van der Waals surface area (Å²) >= 11 is 1.32. The van der Waals surface area contributed by atoms with E-state index in [1.165, 1.54) is 40.9 Å². The van der Waals surface area contributed by atoms with Crippen molar-refractivity contribution in [2.45, 2.75) is 26.0 Å². The quantitative estimate of drug-likeness (QED) is 0.437. The zero-order valence-electron chi connectivity index (χ0n) is 15.1. The summed E-state index contributed by atoms with van der Waals surface area (Å²) in [7, 11) is 0. The molecular formula is C20H18N2O4S. The minimum Gasteiger partial charge on any atom is -0.268 e. The van der Waals surface area contributed by atoms with Crippen LogP contribution in [0, 0.1) is 17.0 Å². The largest absolute Gasteiger partial charge is 0.272 e. The van der Waals surface area contributed by atoms with Crippen LogP contribution in [-0.2, 0) is 9.59 Å². The number of amides is 2. The highest BCUT2D eigenvalue weighted by molar-refractivity contribution is 8.04. The predicted molar refractivity (Wildman–Crippen MR) is 106 cm³/mol. The molecule has 0 aliphatic carbocycles. The lowest BCUT2D eigenvalue weighted by molar-refractivity contribution is -0.384. The number of aryl methyl sites for hydroxylation is 1. The molecule has 0 saturated heterocycles. The first-order valence-corrected chi connectivity index (χ1v) is 9.28. The molecule has 6 nitrogen and oxygen atoms in total. The van der Waals surface area contributed by atoms with Crippen LogP contribution in [0.3, 0.4) is 0 Å². The van der Waals surface area contributed by atoms with Gasteiger partial charge in [0.1, 0.15) is 0 Å². The van der Waals surface area contributed by atoms with E-state index in [-0.39, 0.29) is 22.4 Å². The van der Waals surface area contributed by atoms with Gasteiger partial charge in [0.05, 0.1) is 21.1 Å². The number of rotatable bonds is 5. The number of nitrogens with zero attached hydrogens (tertiary/aromatic N) is 2. The summed E-state index contributed by atoms with van der Waals surface area (Å²) < 4.78 is 0. The number of nitro benzene ring substituents is 1. The van der Waals surface area contributed by atoms with Crippen LogP contribution in [-0.4, -0.2) is 22.0 Å². The lowest BCUT2D eigenvalue weighted by Crippen LogP contribution is -2.31. The molecule has 138 valence electrons. The molecular weight excluding hydrogens is 364 g/mol. The van der Waals surface area contributed by atoms with Crippen LogP contribution in [0.15, 0.2) is 53.4 Å². The highest BCUT2D eigenvalue weighted by Gasteiger charge is 2.40. The van der Waals surface area contributed by atoms with Crippen molar-refractivity contribution in [3.63, 3.8) is 0 Å². The Morgan fingerprint density at radius 3 is 2.26 bits per heavy atom. The Hall–Kier alpha value is -2.93. The highest BCUT2D eigenvalue weighted by Crippen LogP contribution is 2.40. The van der Waals surface area contributed by atoms with Crippen LogP contribution in [0.2, 0.25) is 0 Å². The van der Waals surface area contributed by atoms with Crippen molar-refractivity contribution in [1.82, 2.24) is 0 Å². The van der Waals surface area contributed by atoms with E-state index in [2.05, 4.69) is 0 Å². The summed E-state index contributed by atoms with van der Waals surface area (Å²) in [6, 6.07) is 12.9. The monoisotopic (exact) mass is 382 g/mol. The molecule has 2 aromatic rings. The third kappa shape index (κ3) is 3.64. The number of imide groups is 1. The van der Waals surface area contributed by atoms with Gasteiger partial charge < -0.3 is 0 Å². The van der Waals surface area contributed by atoms with E-state index in [0.29, 0.717) is 16.2 Å². The third-order valence-electron chi connectivity index (χ3n) is 4.02. The van der Waals surface area contributed by atoms with Crippen LogP contribution in [0.1, 0.15) is 25.0 Å². The molecule has 0 fully saturated rings. The number of anilines is 1. The highest BCUT2D eigenvalue weighted by atomic mass is 32.2. The van der Waals surface area contributed by atoms with Crippen LogP contribution in [0.25, 0.3) is 5.57 Å². The molecule has 0 N–H and O–H groups in total. The fraction of sp³-hybridized carbons (Fsp3) is 0.200. The van der Waals surface area contributed by atoms with Crippen molar-refractivity contribution >= 4 is 40.5 Å². The molecule has 0 aromatic heterocycles. The first-order chi connectivity index (χ1) is 12.8. The van der Waals surface area contributed by atoms with E-state index in [1.807, 2.05) is 26.8 Å². The summed E-state index contributed by atoms with van der Waals surface area (Å²) in [6.45, 7) is 5.78. The van der Waals surface area contributed by atoms with Crippen LogP contribution < -0.4 is 4.90 Å². The first-order valence-electron chi connectivity index (χ1n) is 8.41. The van der Waals surface area contributed by atoms with Gasteiger partial charge in [-0.25, -0.2) is 4.90 Å². The zero-order valence-corrected chi connectivity index (χ0v) is 15.9. The summed E-state index contributed by atoms with van der Waals surface area (Å²) in [5.74, 6) is -0.778. The third-order valence-corrected chi connectivity index (χ3v) is 5.11. The smallest absolute Gasteiger partial charge is 0.268 e. The average Bonchev–Trinajstić information content (AvgIpc) is 2.84. The lowest BCUT2D eigenvalue weighted by Gasteiger charge is -2.16. The zero-order chi connectivity index (χ0) is 19.7. The molecule has 1 heterocycles. The maximum absolute atomic E-state index is 13.1. The van der Waals surface area contributed by atoms with Crippen molar-refractivity contribution in [1.29, 1.82) is 0 Å². The molecule has 27 heavy (non-hydrogen) atoms. The minimum atomic E-state index is -0.497. The molecule has 0 bridgehead atoms. The summed E-state index contributed by atoms with van der Waals surface area (Å²) in [6.07, 6.45) is 0. The molecule has 1 aliphatic rings. The van der Waals surface area contributed by atoms with Crippen LogP contribution >= 0.6 is 11.8 Å². The molecule has 2 aromatic carbocycles. The number of hydrogen-bond acceptors (Lipinski definition) is 5. The fourth-order valence-electron chi connectivity index (χ4n) is 2.86. The van der Waals surface area contributed by atoms with Gasteiger partial charge in [0.15, 0.2) is 0 Å². The molecule has 0 spiro atoms. The van der Waals surface area contributed by atoms with Crippen LogP contribution in [0.4, 0.5) is 11.4 Å². The van der Waals surface area contributed by atoms with Gasteiger partial charge in [0.25, 0.3) is 17.5 Å². The van der Waals surface area contributed by atoms with E-state index >= 15 is 0 Å². The number of carbonyl (C=O) groups excluding carboxylic acids is 2. The summed E-state index contributed by atoms with van der Waals surface area (Å²) in [4.78, 5) is 38.1. The first kappa shape index (κ1) is 18.8. The van der Waals surface area contributed by atoms with E-state index in [4.69, 9.17) is 0 Å². The van der Waals surface area contributed by atoms with Gasteiger partial charge in [-0.1, -0.05) is 26.0 Å². The molecule has 0 radical (unpaired) electrons. The van der Waals surface area contributed by atoms with Gasteiger partial charge in [-0.05, 0) is 42.3 Å². The van der Waals surface area contributed by atoms with E-state index in [9.17, 15) is 19.7 Å². The molecule has 0 atom stereocenters. The van der Waals surface area contributed by atoms with Crippen molar-refractivity contribution < 1.29 is 14.5 Å². The average molecular weight is 382 g/mol. The normalized spacial score (nSPS) is 14.4. The molecule has 0 unspecified atom stereocenters. The summed E-state index contributed by atoms with van der Waals surface area (Å²) in [5.41, 5.74) is 2.18. The minimum absolute atomic E-state index is 0.0651. The summed E-state index contributed by atoms with van der Waals surface area (Å²) in [5, 5.41) is 11.0. The SMILES string of the molecule is Cc1cccc(N2C(=O)C(SC(C)C)=C(c3ccc([N+](=O)[O-])cc3)C2=O)c1. The number of nitro groups is 1. The van der Waals surface area contributed by atoms with Crippen molar-refractivity contribution in [3.8, 4) is 0 Å². The molecule has 3 rings (SSSR count). The Kier molecular flexibility index (Phi) is 5.14. The Balaban J connectivity index is 2.09. The van der Waals surface area contributed by atoms with Gasteiger partial charge in [0, 0.05) is 17.4 Å². The van der Waals surface area contributed by atoms with E-state index in [0.717, 1.165) is 5.56 Å². The maximum Gasteiger partial charge on any atom is 0.272 e. The Morgan fingerprint density at radius 1 is 1.04 bits per heavy atom.